The average Bonchev–Trinajstić information content (AvgIpc) is 2.35. The summed E-state index contributed by atoms with van der Waals surface area (Å²) in [6.07, 6.45) is 0. The molecule has 1 atom stereocenters. The third kappa shape index (κ3) is 2.39. The summed E-state index contributed by atoms with van der Waals surface area (Å²) in [5, 5.41) is 0. The van der Waals surface area contributed by atoms with Gasteiger partial charge in [0.2, 0.25) is 0 Å². The van der Waals surface area contributed by atoms with Gasteiger partial charge in [0, 0.05) is 0 Å². The van der Waals surface area contributed by atoms with Gasteiger partial charge in [0.15, 0.2) is 5.78 Å². The van der Waals surface area contributed by atoms with Gasteiger partial charge >= 0.3 is 5.97 Å². The summed E-state index contributed by atoms with van der Waals surface area (Å²) in [5.74, 6) is -1.20. The highest BCUT2D eigenvalue weighted by atomic mass is 16.5. The number of benzene rings is 1. The first kappa shape index (κ1) is 12.2. The second-order valence-corrected chi connectivity index (χ2v) is 3.31. The highest BCUT2D eigenvalue weighted by molar-refractivity contribution is 6.09. The van der Waals surface area contributed by atoms with E-state index in [-0.39, 0.29) is 5.78 Å². The lowest BCUT2D eigenvalue weighted by Crippen LogP contribution is -2.22. The van der Waals surface area contributed by atoms with Crippen molar-refractivity contribution in [3.05, 3.63) is 29.8 Å². The number of ketones is 1. The zero-order chi connectivity index (χ0) is 12.1. The molecule has 0 aliphatic rings. The topological polar surface area (TPSA) is 52.6 Å². The van der Waals surface area contributed by atoms with E-state index in [9.17, 15) is 9.59 Å². The molecule has 16 heavy (non-hydrogen) atoms. The Labute approximate surface area is 94.2 Å². The molecule has 0 spiro atoms. The molecular formula is C12H14O4. The van der Waals surface area contributed by atoms with Crippen molar-refractivity contribution < 1.29 is 19.1 Å². The fourth-order valence-electron chi connectivity index (χ4n) is 1.37. The monoisotopic (exact) mass is 222 g/mol. The molecule has 0 aliphatic heterocycles. The molecule has 0 N–H and O–H groups in total. The smallest absolute Gasteiger partial charge is 0.316 e. The third-order valence-electron chi connectivity index (χ3n) is 2.32. The van der Waals surface area contributed by atoms with Gasteiger partial charge in [-0.15, -0.1) is 0 Å². The number of esters is 1. The summed E-state index contributed by atoms with van der Waals surface area (Å²) in [6, 6.07) is 6.79. The molecular weight excluding hydrogens is 208 g/mol. The number of hydrogen-bond donors (Lipinski definition) is 0. The molecule has 0 saturated carbocycles. The Morgan fingerprint density at radius 1 is 1.19 bits per heavy atom. The second-order valence-electron chi connectivity index (χ2n) is 3.31. The van der Waals surface area contributed by atoms with Gasteiger partial charge in [0.1, 0.15) is 11.7 Å². The van der Waals surface area contributed by atoms with Crippen LogP contribution < -0.4 is 4.74 Å². The molecule has 0 saturated heterocycles. The maximum absolute atomic E-state index is 11.9. The van der Waals surface area contributed by atoms with Crippen LogP contribution in [0.1, 0.15) is 17.3 Å². The minimum Gasteiger partial charge on any atom is -0.496 e. The first-order valence-corrected chi connectivity index (χ1v) is 4.87. The van der Waals surface area contributed by atoms with Crippen molar-refractivity contribution in [3.8, 4) is 5.75 Å². The number of ether oxygens (including phenoxy) is 2. The number of Topliss-reactive ketones (excluding diaryl/α,β-unsaturated/α-hetero) is 1. The van der Waals surface area contributed by atoms with Crippen LogP contribution in [0.5, 0.6) is 5.75 Å². The molecule has 4 heteroatoms. The van der Waals surface area contributed by atoms with Crippen LogP contribution in [0.15, 0.2) is 24.3 Å². The van der Waals surface area contributed by atoms with Gasteiger partial charge in [0.05, 0.1) is 19.8 Å². The Kier molecular flexibility index (Phi) is 4.05. The molecule has 1 unspecified atom stereocenters. The van der Waals surface area contributed by atoms with Gasteiger partial charge in [-0.05, 0) is 19.1 Å². The first-order valence-electron chi connectivity index (χ1n) is 4.87. The minimum atomic E-state index is -0.818. The van der Waals surface area contributed by atoms with Crippen LogP contribution in [0.4, 0.5) is 0 Å². The number of rotatable bonds is 4. The SMILES string of the molecule is COC(=O)C(C)C(=O)c1ccccc1OC. The van der Waals surface area contributed by atoms with E-state index in [1.165, 1.54) is 21.1 Å². The fraction of sp³-hybridized carbons (Fsp3) is 0.333. The quantitative estimate of drug-likeness (QED) is 0.442. The van der Waals surface area contributed by atoms with Crippen molar-refractivity contribution in [2.45, 2.75) is 6.92 Å². The Balaban J connectivity index is 3.00. The highest BCUT2D eigenvalue weighted by Crippen LogP contribution is 2.21. The maximum Gasteiger partial charge on any atom is 0.316 e. The van der Waals surface area contributed by atoms with Crippen LogP contribution in [0.2, 0.25) is 0 Å². The van der Waals surface area contributed by atoms with Crippen molar-refractivity contribution in [1.82, 2.24) is 0 Å². The third-order valence-corrected chi connectivity index (χ3v) is 2.32. The van der Waals surface area contributed by atoms with Crippen molar-refractivity contribution in [2.75, 3.05) is 14.2 Å². The number of carbonyl (C=O) groups excluding carboxylic acids is 2. The summed E-state index contributed by atoms with van der Waals surface area (Å²) >= 11 is 0. The zero-order valence-corrected chi connectivity index (χ0v) is 9.52. The van der Waals surface area contributed by atoms with Gasteiger partial charge in [-0.25, -0.2) is 0 Å². The zero-order valence-electron chi connectivity index (χ0n) is 9.52. The number of hydrogen-bond acceptors (Lipinski definition) is 4. The van der Waals surface area contributed by atoms with Crippen molar-refractivity contribution in [2.24, 2.45) is 5.92 Å². The molecule has 86 valence electrons. The van der Waals surface area contributed by atoms with E-state index in [4.69, 9.17) is 4.74 Å². The fourth-order valence-corrected chi connectivity index (χ4v) is 1.37. The molecule has 1 aromatic rings. The van der Waals surface area contributed by atoms with E-state index in [1.54, 1.807) is 24.3 Å². The molecule has 0 aliphatic carbocycles. The maximum atomic E-state index is 11.9. The number of carbonyl (C=O) groups is 2. The Morgan fingerprint density at radius 3 is 2.38 bits per heavy atom. The van der Waals surface area contributed by atoms with Crippen LogP contribution in [-0.2, 0) is 9.53 Å². The summed E-state index contributed by atoms with van der Waals surface area (Å²) in [6.45, 7) is 1.51. The van der Waals surface area contributed by atoms with Crippen molar-refractivity contribution in [3.63, 3.8) is 0 Å². The molecule has 4 nitrogen and oxygen atoms in total. The first-order chi connectivity index (χ1) is 7.61. The molecule has 0 aromatic heterocycles. The molecule has 0 radical (unpaired) electrons. The summed E-state index contributed by atoms with van der Waals surface area (Å²) in [5.41, 5.74) is 0.392. The van der Waals surface area contributed by atoms with Gasteiger partial charge in [-0.3, -0.25) is 9.59 Å². The molecule has 0 fully saturated rings. The van der Waals surface area contributed by atoms with Gasteiger partial charge in [-0.1, -0.05) is 12.1 Å². The summed E-state index contributed by atoms with van der Waals surface area (Å²) < 4.78 is 9.58. The molecule has 0 bridgehead atoms. The van der Waals surface area contributed by atoms with Crippen LogP contribution in [0, 0.1) is 5.92 Å². The number of para-hydroxylation sites is 1. The van der Waals surface area contributed by atoms with Crippen molar-refractivity contribution in [1.29, 1.82) is 0 Å². The van der Waals surface area contributed by atoms with Gasteiger partial charge in [-0.2, -0.15) is 0 Å². The minimum absolute atomic E-state index is 0.302. The van der Waals surface area contributed by atoms with E-state index < -0.39 is 11.9 Å². The average molecular weight is 222 g/mol. The summed E-state index contributed by atoms with van der Waals surface area (Å²) in [7, 11) is 2.74. The van der Waals surface area contributed by atoms with Crippen LogP contribution >= 0.6 is 0 Å². The van der Waals surface area contributed by atoms with Crippen molar-refractivity contribution >= 4 is 11.8 Å². The predicted octanol–water partition coefficient (Wildman–Crippen LogP) is 1.69. The lowest BCUT2D eigenvalue weighted by atomic mass is 9.99. The highest BCUT2D eigenvalue weighted by Gasteiger charge is 2.25. The molecule has 1 aromatic carbocycles. The van der Waals surface area contributed by atoms with Gasteiger partial charge in [0.25, 0.3) is 0 Å². The summed E-state index contributed by atoms with van der Waals surface area (Å²) in [4.78, 5) is 23.2. The normalized spacial score (nSPS) is 11.7. The number of methoxy groups -OCH3 is 2. The molecule has 1 rings (SSSR count). The van der Waals surface area contributed by atoms with E-state index >= 15 is 0 Å². The van der Waals surface area contributed by atoms with Crippen LogP contribution in [-0.4, -0.2) is 26.0 Å². The largest absolute Gasteiger partial charge is 0.496 e. The second kappa shape index (κ2) is 5.30. The lowest BCUT2D eigenvalue weighted by Gasteiger charge is -2.11. The van der Waals surface area contributed by atoms with E-state index in [0.29, 0.717) is 11.3 Å². The molecule has 0 amide bonds. The van der Waals surface area contributed by atoms with Crippen LogP contribution in [0.25, 0.3) is 0 Å². The van der Waals surface area contributed by atoms with E-state index in [2.05, 4.69) is 4.74 Å². The van der Waals surface area contributed by atoms with E-state index in [0.717, 1.165) is 0 Å². The standard InChI is InChI=1S/C12H14O4/c1-8(12(14)16-3)11(13)9-6-4-5-7-10(9)15-2/h4-8H,1-3H3. The Bertz CT molecular complexity index is 398. The predicted molar refractivity (Wildman–Crippen MR) is 58.5 cm³/mol. The lowest BCUT2D eigenvalue weighted by molar-refractivity contribution is -0.143. The van der Waals surface area contributed by atoms with Gasteiger partial charge < -0.3 is 9.47 Å². The Morgan fingerprint density at radius 2 is 1.81 bits per heavy atom. The van der Waals surface area contributed by atoms with Crippen LogP contribution in [0.3, 0.4) is 0 Å². The Hall–Kier alpha value is -1.84. The molecule has 0 heterocycles. The van der Waals surface area contributed by atoms with E-state index in [1.807, 2.05) is 0 Å².